The van der Waals surface area contributed by atoms with Crippen LogP contribution in [0.4, 0.5) is 4.79 Å². The second kappa shape index (κ2) is 7.87. The maximum atomic E-state index is 12.0. The molecule has 0 aromatic heterocycles. The number of hydrogen-bond acceptors (Lipinski definition) is 9. The third kappa shape index (κ3) is 4.71. The van der Waals surface area contributed by atoms with Crippen molar-refractivity contribution in [3.63, 3.8) is 0 Å². The van der Waals surface area contributed by atoms with Crippen molar-refractivity contribution in [2.45, 2.75) is 57.3 Å². The van der Waals surface area contributed by atoms with Gasteiger partial charge in [0.1, 0.15) is 12.2 Å². The number of esters is 1. The standard InChI is InChI=1S/C16H22O7S2/c1-9(17)19-12-11(21-14-13(12)22-16(2,3)23-14)10-8-24-6-4-5-7-25-15(18)20-10/h4-5,10-14H,6-8H2,1-3H3/b5-4-/t10-,11-,12+,13-,14-/m1/s1. The van der Waals surface area contributed by atoms with Crippen LogP contribution in [0.15, 0.2) is 12.2 Å². The Balaban J connectivity index is 1.77. The Kier molecular flexibility index (Phi) is 5.99. The zero-order valence-corrected chi connectivity index (χ0v) is 16.0. The number of ether oxygens (including phenoxy) is 5. The molecule has 0 unspecified atom stereocenters. The summed E-state index contributed by atoms with van der Waals surface area (Å²) in [4.78, 5) is 23.6. The summed E-state index contributed by atoms with van der Waals surface area (Å²) in [5.41, 5.74) is 0. The molecule has 0 spiro atoms. The van der Waals surface area contributed by atoms with Crippen molar-refractivity contribution in [3.8, 4) is 0 Å². The average molecular weight is 390 g/mol. The summed E-state index contributed by atoms with van der Waals surface area (Å²) in [6.07, 6.45) is 0.895. The first-order valence-corrected chi connectivity index (χ1v) is 10.2. The fraction of sp³-hybridized carbons (Fsp3) is 0.750. The summed E-state index contributed by atoms with van der Waals surface area (Å²) in [7, 11) is 0. The van der Waals surface area contributed by atoms with E-state index in [4.69, 9.17) is 23.7 Å². The topological polar surface area (TPSA) is 80.3 Å². The summed E-state index contributed by atoms with van der Waals surface area (Å²) in [5, 5.41) is -0.374. The van der Waals surface area contributed by atoms with Crippen molar-refractivity contribution in [3.05, 3.63) is 12.2 Å². The van der Waals surface area contributed by atoms with Gasteiger partial charge >= 0.3 is 11.3 Å². The van der Waals surface area contributed by atoms with Crippen LogP contribution in [0.2, 0.25) is 0 Å². The molecule has 0 N–H and O–H groups in total. The lowest BCUT2D eigenvalue weighted by atomic mass is 10.1. The second-order valence-electron chi connectivity index (χ2n) is 6.37. The molecule has 0 bridgehead atoms. The van der Waals surface area contributed by atoms with Gasteiger partial charge in [-0.15, -0.1) is 0 Å². The number of thioether (sulfide) groups is 2. The third-order valence-corrected chi connectivity index (χ3v) is 5.59. The van der Waals surface area contributed by atoms with Gasteiger partial charge in [-0.2, -0.15) is 11.8 Å². The zero-order chi connectivity index (χ0) is 18.0. The predicted octanol–water partition coefficient (Wildman–Crippen LogP) is 2.34. The van der Waals surface area contributed by atoms with E-state index in [-0.39, 0.29) is 5.30 Å². The minimum absolute atomic E-state index is 0.374. The monoisotopic (exact) mass is 390 g/mol. The van der Waals surface area contributed by atoms with Crippen LogP contribution in [0, 0.1) is 0 Å². The summed E-state index contributed by atoms with van der Waals surface area (Å²) < 4.78 is 28.6. The molecule has 7 nitrogen and oxygen atoms in total. The van der Waals surface area contributed by atoms with Gasteiger partial charge in [0.15, 0.2) is 24.3 Å². The lowest BCUT2D eigenvalue weighted by Gasteiger charge is -2.30. The Hall–Kier alpha value is -0.740. The highest BCUT2D eigenvalue weighted by atomic mass is 32.2. The van der Waals surface area contributed by atoms with Crippen LogP contribution in [-0.4, -0.2) is 65.0 Å². The first-order chi connectivity index (χ1) is 11.9. The van der Waals surface area contributed by atoms with Crippen LogP contribution < -0.4 is 0 Å². The average Bonchev–Trinajstić information content (AvgIpc) is 2.98. The minimum atomic E-state index is -0.818. The molecule has 0 aromatic carbocycles. The Morgan fingerprint density at radius 3 is 2.76 bits per heavy atom. The van der Waals surface area contributed by atoms with Gasteiger partial charge in [-0.3, -0.25) is 4.79 Å². The Bertz CT molecular complexity index is 551. The number of hydrogen-bond donors (Lipinski definition) is 0. The summed E-state index contributed by atoms with van der Waals surface area (Å²) >= 11 is 2.71. The maximum Gasteiger partial charge on any atom is 0.368 e. The quantitative estimate of drug-likeness (QED) is 0.521. The van der Waals surface area contributed by atoms with Crippen molar-refractivity contribution >= 4 is 34.8 Å². The fourth-order valence-electron chi connectivity index (χ4n) is 2.99. The Labute approximate surface area is 155 Å². The van der Waals surface area contributed by atoms with Crippen LogP contribution in [-0.2, 0) is 28.5 Å². The normalized spacial score (nSPS) is 39.3. The molecule has 3 heterocycles. The van der Waals surface area contributed by atoms with Crippen LogP contribution in [0.3, 0.4) is 0 Å². The van der Waals surface area contributed by atoms with E-state index in [0.717, 1.165) is 17.5 Å². The van der Waals surface area contributed by atoms with E-state index in [1.54, 1.807) is 25.6 Å². The highest BCUT2D eigenvalue weighted by molar-refractivity contribution is 8.13. The zero-order valence-electron chi connectivity index (χ0n) is 14.3. The van der Waals surface area contributed by atoms with Crippen molar-refractivity contribution in [1.82, 2.24) is 0 Å². The largest absolute Gasteiger partial charge is 0.457 e. The number of rotatable bonds is 2. The second-order valence-corrected chi connectivity index (χ2v) is 8.40. The molecule has 9 heteroatoms. The molecule has 3 rings (SSSR count). The van der Waals surface area contributed by atoms with Crippen LogP contribution in [0.25, 0.3) is 0 Å². The van der Waals surface area contributed by atoms with Gasteiger partial charge < -0.3 is 23.7 Å². The maximum absolute atomic E-state index is 12.0. The van der Waals surface area contributed by atoms with E-state index in [9.17, 15) is 9.59 Å². The first kappa shape index (κ1) is 19.0. The van der Waals surface area contributed by atoms with Gasteiger partial charge in [0.2, 0.25) is 0 Å². The van der Waals surface area contributed by atoms with Gasteiger partial charge in [-0.25, -0.2) is 4.79 Å². The van der Waals surface area contributed by atoms with E-state index in [1.807, 2.05) is 12.2 Å². The molecule has 0 aliphatic carbocycles. The molecule has 0 radical (unpaired) electrons. The smallest absolute Gasteiger partial charge is 0.368 e. The number of carbonyl (C=O) groups is 2. The van der Waals surface area contributed by atoms with Crippen molar-refractivity contribution in [1.29, 1.82) is 0 Å². The molecule has 5 atom stereocenters. The van der Waals surface area contributed by atoms with Crippen molar-refractivity contribution in [2.75, 3.05) is 17.3 Å². The summed E-state index contributed by atoms with van der Waals surface area (Å²) in [5.74, 6) is 0.648. The molecule has 2 fully saturated rings. The number of carbonyl (C=O) groups excluding carboxylic acids is 2. The van der Waals surface area contributed by atoms with Gasteiger partial charge in [-0.05, 0) is 25.6 Å². The van der Waals surface area contributed by atoms with Crippen molar-refractivity contribution < 1.29 is 33.3 Å². The van der Waals surface area contributed by atoms with Crippen LogP contribution in [0.1, 0.15) is 20.8 Å². The summed E-state index contributed by atoms with van der Waals surface area (Å²) in [6.45, 7) is 4.88. The molecule has 0 saturated carbocycles. The summed E-state index contributed by atoms with van der Waals surface area (Å²) in [6, 6.07) is 0. The van der Waals surface area contributed by atoms with Gasteiger partial charge in [0, 0.05) is 24.2 Å². The van der Waals surface area contributed by atoms with Crippen LogP contribution >= 0.6 is 23.5 Å². The lowest BCUT2D eigenvalue weighted by molar-refractivity contribution is -0.227. The molecular weight excluding hydrogens is 368 g/mol. The van der Waals surface area contributed by atoms with Gasteiger partial charge in [0.05, 0.1) is 0 Å². The minimum Gasteiger partial charge on any atom is -0.457 e. The molecule has 140 valence electrons. The van der Waals surface area contributed by atoms with E-state index in [2.05, 4.69) is 0 Å². The lowest BCUT2D eigenvalue weighted by Crippen LogP contribution is -2.46. The Morgan fingerprint density at radius 1 is 1.24 bits per heavy atom. The van der Waals surface area contributed by atoms with E-state index in [0.29, 0.717) is 11.5 Å². The highest BCUT2D eigenvalue weighted by Crippen LogP contribution is 2.40. The molecule has 2 saturated heterocycles. The molecule has 3 aliphatic heterocycles. The third-order valence-electron chi connectivity index (χ3n) is 3.90. The van der Waals surface area contributed by atoms with Crippen LogP contribution in [0.5, 0.6) is 0 Å². The first-order valence-electron chi connectivity index (χ1n) is 8.10. The molecule has 0 aromatic rings. The van der Waals surface area contributed by atoms with Gasteiger partial charge in [-0.1, -0.05) is 12.2 Å². The molecule has 25 heavy (non-hydrogen) atoms. The fourth-order valence-corrected chi connectivity index (χ4v) is 4.45. The molecular formula is C16H22O7S2. The SMILES string of the molecule is CC(=O)O[C@@H]1[C@H]2OC(C)(C)O[C@H]2O[C@@H]1[C@H]1CSC/C=C\CSC(=O)O1. The number of cyclic esters (lactones) is 1. The van der Waals surface area contributed by atoms with E-state index < -0.39 is 42.5 Å². The Morgan fingerprint density at radius 2 is 2.00 bits per heavy atom. The molecule has 3 aliphatic rings. The van der Waals surface area contributed by atoms with Gasteiger partial charge in [0.25, 0.3) is 0 Å². The van der Waals surface area contributed by atoms with E-state index in [1.165, 1.54) is 6.92 Å². The molecule has 0 amide bonds. The predicted molar refractivity (Wildman–Crippen MR) is 93.4 cm³/mol. The highest BCUT2D eigenvalue weighted by Gasteiger charge is 2.58. The number of fused-ring (bicyclic) bond motifs is 1. The van der Waals surface area contributed by atoms with Crippen molar-refractivity contribution in [2.24, 2.45) is 0 Å². The van der Waals surface area contributed by atoms with E-state index >= 15 is 0 Å².